The molecule has 0 unspecified atom stereocenters. The Labute approximate surface area is 174 Å². The van der Waals surface area contributed by atoms with Gasteiger partial charge in [-0.2, -0.15) is 0 Å². The number of hydrogen-bond acceptors (Lipinski definition) is 3. The number of ether oxygens (including phenoxy) is 1. The third kappa shape index (κ3) is 4.74. The second kappa shape index (κ2) is 9.05. The summed E-state index contributed by atoms with van der Waals surface area (Å²) in [6, 6.07) is 13.1. The van der Waals surface area contributed by atoms with Crippen LogP contribution in [-0.2, 0) is 20.9 Å². The van der Waals surface area contributed by atoms with Gasteiger partial charge >= 0.3 is 5.97 Å². The Morgan fingerprint density at radius 3 is 2.76 bits per heavy atom. The minimum atomic E-state index is -0.578. The number of esters is 1. The molecule has 150 valence electrons. The van der Waals surface area contributed by atoms with Crippen LogP contribution in [0.25, 0.3) is 0 Å². The molecule has 0 saturated carbocycles. The Morgan fingerprint density at radius 2 is 2.07 bits per heavy atom. The van der Waals surface area contributed by atoms with E-state index >= 15 is 0 Å². The van der Waals surface area contributed by atoms with Gasteiger partial charge in [-0.05, 0) is 42.3 Å². The summed E-state index contributed by atoms with van der Waals surface area (Å²) in [7, 11) is 0. The zero-order valence-corrected chi connectivity index (χ0v) is 16.8. The smallest absolute Gasteiger partial charge is 0.336 e. The van der Waals surface area contributed by atoms with E-state index in [9.17, 15) is 14.0 Å². The molecule has 4 nitrogen and oxygen atoms in total. The molecule has 6 heteroatoms. The van der Waals surface area contributed by atoms with Gasteiger partial charge in [-0.3, -0.25) is 4.79 Å². The quantitative estimate of drug-likeness (QED) is 0.494. The number of amides is 1. The van der Waals surface area contributed by atoms with Gasteiger partial charge < -0.3 is 9.64 Å². The van der Waals surface area contributed by atoms with E-state index in [0.717, 1.165) is 5.56 Å². The topological polar surface area (TPSA) is 46.6 Å². The third-order valence-corrected chi connectivity index (χ3v) is 5.09. The van der Waals surface area contributed by atoms with Crippen molar-refractivity contribution in [2.45, 2.75) is 25.8 Å². The fourth-order valence-electron chi connectivity index (χ4n) is 3.51. The monoisotopic (exact) mass is 413 g/mol. The number of carbonyl (C=O) groups excluding carboxylic acids is 2. The molecule has 29 heavy (non-hydrogen) atoms. The Hall–Kier alpha value is -2.92. The van der Waals surface area contributed by atoms with Crippen molar-refractivity contribution in [3.63, 3.8) is 0 Å². The molecule has 0 bridgehead atoms. The standard InChI is InChI=1S/C23H21ClFNO3/c1-3-10-29-23(28)22-15(2)26(14-16-6-4-8-18(24)11-16)21(27)13-20(22)17-7-5-9-19(25)12-17/h3-9,11-12,20H,1,10,13-14H2,2H3/t20-/m0/s1. The highest BCUT2D eigenvalue weighted by atomic mass is 35.5. The normalized spacial score (nSPS) is 16.7. The predicted octanol–water partition coefficient (Wildman–Crippen LogP) is 5.00. The molecule has 2 aromatic carbocycles. The third-order valence-electron chi connectivity index (χ3n) is 4.86. The Morgan fingerprint density at radius 1 is 1.31 bits per heavy atom. The van der Waals surface area contributed by atoms with Crippen molar-refractivity contribution >= 4 is 23.5 Å². The molecule has 0 fully saturated rings. The van der Waals surface area contributed by atoms with Crippen molar-refractivity contribution in [2.75, 3.05) is 6.61 Å². The molecule has 1 atom stereocenters. The Kier molecular flexibility index (Phi) is 6.49. The van der Waals surface area contributed by atoms with E-state index in [4.69, 9.17) is 16.3 Å². The second-order valence-corrected chi connectivity index (χ2v) is 7.24. The Bertz CT molecular complexity index is 986. The van der Waals surface area contributed by atoms with Crippen LogP contribution in [-0.4, -0.2) is 23.4 Å². The zero-order valence-electron chi connectivity index (χ0n) is 16.0. The molecule has 2 aromatic rings. The maximum Gasteiger partial charge on any atom is 0.336 e. The molecule has 3 rings (SSSR count). The molecule has 0 aliphatic carbocycles. The molecule has 1 amide bonds. The van der Waals surface area contributed by atoms with Gasteiger partial charge in [-0.1, -0.05) is 48.5 Å². The lowest BCUT2D eigenvalue weighted by molar-refractivity contribution is -0.139. The summed E-state index contributed by atoms with van der Waals surface area (Å²) in [5.41, 5.74) is 2.24. The summed E-state index contributed by atoms with van der Waals surface area (Å²) in [4.78, 5) is 27.3. The van der Waals surface area contributed by atoms with Crippen LogP contribution in [0.2, 0.25) is 5.02 Å². The van der Waals surface area contributed by atoms with E-state index in [2.05, 4.69) is 6.58 Å². The van der Waals surface area contributed by atoms with Crippen LogP contribution >= 0.6 is 11.6 Å². The van der Waals surface area contributed by atoms with Gasteiger partial charge in [-0.15, -0.1) is 0 Å². The van der Waals surface area contributed by atoms with Crippen LogP contribution in [0.4, 0.5) is 4.39 Å². The number of benzene rings is 2. The molecule has 0 aromatic heterocycles. The SMILES string of the molecule is C=CCOC(=O)C1=C(C)N(Cc2cccc(Cl)c2)C(=O)C[C@H]1c1cccc(F)c1. The lowest BCUT2D eigenvalue weighted by atomic mass is 9.83. The Balaban J connectivity index is 2.03. The highest BCUT2D eigenvalue weighted by molar-refractivity contribution is 6.30. The van der Waals surface area contributed by atoms with E-state index in [0.29, 0.717) is 21.9 Å². The number of allylic oxidation sites excluding steroid dienone is 1. The van der Waals surface area contributed by atoms with Crippen molar-refractivity contribution in [3.05, 3.63) is 94.4 Å². The average Bonchev–Trinajstić information content (AvgIpc) is 2.69. The second-order valence-electron chi connectivity index (χ2n) is 6.81. The van der Waals surface area contributed by atoms with Crippen LogP contribution in [0.3, 0.4) is 0 Å². The van der Waals surface area contributed by atoms with Crippen LogP contribution in [0, 0.1) is 5.82 Å². The van der Waals surface area contributed by atoms with E-state index < -0.39 is 17.7 Å². The summed E-state index contributed by atoms with van der Waals surface area (Å²) >= 11 is 6.06. The number of nitrogens with zero attached hydrogens (tertiary/aromatic N) is 1. The lowest BCUT2D eigenvalue weighted by Crippen LogP contribution is -2.38. The highest BCUT2D eigenvalue weighted by Gasteiger charge is 2.37. The van der Waals surface area contributed by atoms with Crippen molar-refractivity contribution in [1.29, 1.82) is 0 Å². The van der Waals surface area contributed by atoms with E-state index in [-0.39, 0.29) is 25.5 Å². The van der Waals surface area contributed by atoms with Crippen LogP contribution in [0.5, 0.6) is 0 Å². The van der Waals surface area contributed by atoms with Crippen molar-refractivity contribution in [1.82, 2.24) is 4.90 Å². The van der Waals surface area contributed by atoms with Gasteiger partial charge in [0.05, 0.1) is 12.1 Å². The molecular weight excluding hydrogens is 393 g/mol. The summed E-state index contributed by atoms with van der Waals surface area (Å²) in [5.74, 6) is -1.70. The zero-order chi connectivity index (χ0) is 21.0. The van der Waals surface area contributed by atoms with Crippen LogP contribution in [0.15, 0.2) is 72.5 Å². The van der Waals surface area contributed by atoms with Gasteiger partial charge in [0.25, 0.3) is 0 Å². The summed E-state index contributed by atoms with van der Waals surface area (Å²) in [5, 5.41) is 0.567. The number of carbonyl (C=O) groups is 2. The number of halogens is 2. The molecule has 1 aliphatic rings. The molecular formula is C23H21ClFNO3. The summed E-state index contributed by atoms with van der Waals surface area (Å²) < 4.78 is 19.1. The molecule has 1 aliphatic heterocycles. The van der Waals surface area contributed by atoms with Gasteiger partial charge in [-0.25, -0.2) is 9.18 Å². The molecule has 0 radical (unpaired) electrons. The number of hydrogen-bond donors (Lipinski definition) is 0. The average molecular weight is 414 g/mol. The van der Waals surface area contributed by atoms with E-state index in [1.54, 1.807) is 42.2 Å². The van der Waals surface area contributed by atoms with Crippen molar-refractivity contribution in [3.8, 4) is 0 Å². The maximum atomic E-state index is 13.8. The minimum absolute atomic E-state index is 0.0415. The fourth-order valence-corrected chi connectivity index (χ4v) is 3.72. The largest absolute Gasteiger partial charge is 0.458 e. The minimum Gasteiger partial charge on any atom is -0.458 e. The molecule has 0 saturated heterocycles. The highest BCUT2D eigenvalue weighted by Crippen LogP contribution is 2.38. The first kappa shape index (κ1) is 20.8. The fraction of sp³-hybridized carbons (Fsp3) is 0.217. The van der Waals surface area contributed by atoms with Crippen molar-refractivity contribution < 1.29 is 18.7 Å². The molecule has 0 spiro atoms. The first-order chi connectivity index (χ1) is 13.9. The van der Waals surface area contributed by atoms with Crippen LogP contribution in [0.1, 0.15) is 30.4 Å². The number of rotatable bonds is 6. The van der Waals surface area contributed by atoms with Crippen LogP contribution < -0.4 is 0 Å². The first-order valence-corrected chi connectivity index (χ1v) is 9.57. The summed E-state index contributed by atoms with van der Waals surface area (Å²) in [6.45, 7) is 5.59. The lowest BCUT2D eigenvalue weighted by Gasteiger charge is -2.34. The summed E-state index contributed by atoms with van der Waals surface area (Å²) in [6.07, 6.45) is 1.52. The molecule has 0 N–H and O–H groups in total. The van der Waals surface area contributed by atoms with Gasteiger partial charge in [0.15, 0.2) is 0 Å². The van der Waals surface area contributed by atoms with Crippen molar-refractivity contribution in [2.24, 2.45) is 0 Å². The van der Waals surface area contributed by atoms with E-state index in [1.807, 2.05) is 6.07 Å². The molecule has 1 heterocycles. The first-order valence-electron chi connectivity index (χ1n) is 9.19. The van der Waals surface area contributed by atoms with E-state index in [1.165, 1.54) is 18.2 Å². The van der Waals surface area contributed by atoms with Gasteiger partial charge in [0.1, 0.15) is 12.4 Å². The van der Waals surface area contributed by atoms with Gasteiger partial charge in [0, 0.05) is 23.1 Å². The predicted molar refractivity (Wildman–Crippen MR) is 110 cm³/mol. The van der Waals surface area contributed by atoms with Gasteiger partial charge in [0.2, 0.25) is 5.91 Å². The maximum absolute atomic E-state index is 13.8.